The van der Waals surface area contributed by atoms with E-state index in [0.717, 1.165) is 18.7 Å². The van der Waals surface area contributed by atoms with Crippen molar-refractivity contribution < 1.29 is 14.9 Å². The highest BCUT2D eigenvalue weighted by molar-refractivity contribution is 5.26. The van der Waals surface area contributed by atoms with Crippen LogP contribution in [-0.4, -0.2) is 53.6 Å². The minimum Gasteiger partial charge on any atom is -0.491 e. The van der Waals surface area contributed by atoms with E-state index >= 15 is 0 Å². The van der Waals surface area contributed by atoms with Crippen LogP contribution in [0.3, 0.4) is 0 Å². The molecule has 1 aromatic carbocycles. The maximum Gasteiger partial charge on any atom is 0.119 e. The molecule has 1 aliphatic heterocycles. The van der Waals surface area contributed by atoms with E-state index in [1.807, 2.05) is 31.2 Å². The minimum atomic E-state index is -0.517. The van der Waals surface area contributed by atoms with Crippen molar-refractivity contribution in [3.8, 4) is 5.75 Å². The van der Waals surface area contributed by atoms with Crippen LogP contribution in [0.5, 0.6) is 5.75 Å². The van der Waals surface area contributed by atoms with E-state index in [1.165, 1.54) is 5.56 Å². The summed E-state index contributed by atoms with van der Waals surface area (Å²) in [5, 5.41) is 19.3. The van der Waals surface area contributed by atoms with Gasteiger partial charge in [-0.05, 0) is 25.5 Å². The van der Waals surface area contributed by atoms with Gasteiger partial charge in [-0.2, -0.15) is 0 Å². The lowest BCUT2D eigenvalue weighted by atomic mass is 10.2. The average molecular weight is 251 g/mol. The lowest BCUT2D eigenvalue weighted by molar-refractivity contribution is 0.0707. The van der Waals surface area contributed by atoms with Crippen molar-refractivity contribution >= 4 is 0 Å². The second-order valence-corrected chi connectivity index (χ2v) is 4.98. The molecule has 1 unspecified atom stereocenters. The third-order valence-electron chi connectivity index (χ3n) is 3.18. The van der Waals surface area contributed by atoms with Crippen LogP contribution in [0.15, 0.2) is 24.3 Å². The van der Waals surface area contributed by atoms with E-state index in [9.17, 15) is 10.2 Å². The van der Waals surface area contributed by atoms with Gasteiger partial charge < -0.3 is 14.9 Å². The highest BCUT2D eigenvalue weighted by atomic mass is 16.5. The Bertz CT molecular complexity index is 366. The van der Waals surface area contributed by atoms with Crippen LogP contribution < -0.4 is 4.74 Å². The molecule has 0 bridgehead atoms. The molecular weight excluding hydrogens is 230 g/mol. The van der Waals surface area contributed by atoms with Crippen LogP contribution in [0, 0.1) is 6.92 Å². The van der Waals surface area contributed by atoms with Gasteiger partial charge in [0.25, 0.3) is 0 Å². The van der Waals surface area contributed by atoms with Crippen LogP contribution in [0.25, 0.3) is 0 Å². The molecule has 1 aliphatic rings. The van der Waals surface area contributed by atoms with Crippen LogP contribution in [0.2, 0.25) is 0 Å². The summed E-state index contributed by atoms with van der Waals surface area (Å²) in [5.74, 6) is 0.779. The van der Waals surface area contributed by atoms with Gasteiger partial charge in [-0.3, -0.25) is 4.90 Å². The van der Waals surface area contributed by atoms with Crippen molar-refractivity contribution in [3.05, 3.63) is 29.8 Å². The summed E-state index contributed by atoms with van der Waals surface area (Å²) in [7, 11) is 0. The van der Waals surface area contributed by atoms with E-state index in [2.05, 4.69) is 4.90 Å². The number of aliphatic hydroxyl groups excluding tert-OH is 2. The third-order valence-corrected chi connectivity index (χ3v) is 3.18. The SMILES string of the molecule is Cc1ccc(OCC(O)CN2CC[C@H](O)C2)cc1. The lowest BCUT2D eigenvalue weighted by Gasteiger charge is -2.19. The Morgan fingerprint density at radius 1 is 1.39 bits per heavy atom. The molecule has 0 spiro atoms. The molecule has 100 valence electrons. The molecule has 0 amide bonds. The van der Waals surface area contributed by atoms with Gasteiger partial charge in [-0.15, -0.1) is 0 Å². The maximum atomic E-state index is 9.86. The fourth-order valence-electron chi connectivity index (χ4n) is 2.16. The second-order valence-electron chi connectivity index (χ2n) is 4.98. The number of aliphatic hydroxyl groups is 2. The first kappa shape index (κ1) is 13.3. The zero-order valence-corrected chi connectivity index (χ0v) is 10.7. The van der Waals surface area contributed by atoms with E-state index < -0.39 is 6.10 Å². The van der Waals surface area contributed by atoms with E-state index in [4.69, 9.17) is 4.74 Å². The largest absolute Gasteiger partial charge is 0.491 e. The molecule has 18 heavy (non-hydrogen) atoms. The topological polar surface area (TPSA) is 52.9 Å². The second kappa shape index (κ2) is 6.18. The highest BCUT2D eigenvalue weighted by Crippen LogP contribution is 2.13. The molecule has 1 aromatic rings. The molecule has 4 heteroatoms. The summed E-state index contributed by atoms with van der Waals surface area (Å²) in [4.78, 5) is 2.06. The monoisotopic (exact) mass is 251 g/mol. The number of likely N-dealkylation sites (tertiary alicyclic amines) is 1. The summed E-state index contributed by atoms with van der Waals surface area (Å²) in [5.41, 5.74) is 1.19. The molecule has 0 radical (unpaired) electrons. The fraction of sp³-hybridized carbons (Fsp3) is 0.571. The van der Waals surface area contributed by atoms with Crippen molar-refractivity contribution in [1.82, 2.24) is 4.90 Å². The maximum absolute atomic E-state index is 9.86. The first-order valence-corrected chi connectivity index (χ1v) is 6.41. The zero-order chi connectivity index (χ0) is 13.0. The van der Waals surface area contributed by atoms with E-state index in [1.54, 1.807) is 0 Å². The van der Waals surface area contributed by atoms with Crippen molar-refractivity contribution in [1.29, 1.82) is 0 Å². The molecule has 1 fully saturated rings. The predicted octanol–water partition coefficient (Wildman–Crippen LogP) is 0.801. The number of aryl methyl sites for hydroxylation is 1. The molecular formula is C14H21NO3. The van der Waals surface area contributed by atoms with Gasteiger partial charge in [0.1, 0.15) is 18.5 Å². The van der Waals surface area contributed by atoms with E-state index in [-0.39, 0.29) is 12.7 Å². The Balaban J connectivity index is 1.71. The smallest absolute Gasteiger partial charge is 0.119 e. The van der Waals surface area contributed by atoms with Gasteiger partial charge in [0.2, 0.25) is 0 Å². The summed E-state index contributed by atoms with van der Waals surface area (Å²) >= 11 is 0. The minimum absolute atomic E-state index is 0.241. The van der Waals surface area contributed by atoms with Crippen LogP contribution in [0.4, 0.5) is 0 Å². The first-order valence-electron chi connectivity index (χ1n) is 6.41. The summed E-state index contributed by atoms with van der Waals surface area (Å²) in [6.07, 6.45) is 0.0396. The van der Waals surface area contributed by atoms with Gasteiger partial charge >= 0.3 is 0 Å². The fourth-order valence-corrected chi connectivity index (χ4v) is 2.16. The Hall–Kier alpha value is -1.10. The molecule has 1 heterocycles. The zero-order valence-electron chi connectivity index (χ0n) is 10.7. The molecule has 4 nitrogen and oxygen atoms in total. The normalized spacial score (nSPS) is 22.1. The number of nitrogens with zero attached hydrogens (tertiary/aromatic N) is 1. The van der Waals surface area contributed by atoms with Crippen molar-refractivity contribution in [2.75, 3.05) is 26.2 Å². The summed E-state index contributed by atoms with van der Waals surface area (Å²) in [6.45, 7) is 4.38. The van der Waals surface area contributed by atoms with Gasteiger partial charge in [0.15, 0.2) is 0 Å². The van der Waals surface area contributed by atoms with Crippen LogP contribution in [-0.2, 0) is 0 Å². The van der Waals surface area contributed by atoms with Gasteiger partial charge in [-0.25, -0.2) is 0 Å². The van der Waals surface area contributed by atoms with Crippen molar-refractivity contribution in [3.63, 3.8) is 0 Å². The molecule has 0 aromatic heterocycles. The number of hydrogen-bond acceptors (Lipinski definition) is 4. The summed E-state index contributed by atoms with van der Waals surface area (Å²) < 4.78 is 5.52. The van der Waals surface area contributed by atoms with Gasteiger partial charge in [0.05, 0.1) is 6.10 Å². The Labute approximate surface area is 108 Å². The number of β-amino-alcohol motifs (C(OH)–C–C–N with tert-alkyl or cyclic N) is 2. The number of rotatable bonds is 5. The van der Waals surface area contributed by atoms with Gasteiger partial charge in [-0.1, -0.05) is 17.7 Å². The Morgan fingerprint density at radius 2 is 2.11 bits per heavy atom. The van der Waals surface area contributed by atoms with Gasteiger partial charge in [0, 0.05) is 19.6 Å². The standard InChI is InChI=1S/C14H21NO3/c1-11-2-4-14(5-3-11)18-10-13(17)9-15-7-6-12(16)8-15/h2-5,12-13,16-17H,6-10H2,1H3/t12-,13?/m0/s1. The van der Waals surface area contributed by atoms with Crippen LogP contribution >= 0.6 is 0 Å². The van der Waals surface area contributed by atoms with E-state index in [0.29, 0.717) is 13.1 Å². The average Bonchev–Trinajstić information content (AvgIpc) is 2.74. The predicted molar refractivity (Wildman–Crippen MR) is 69.7 cm³/mol. The number of ether oxygens (including phenoxy) is 1. The van der Waals surface area contributed by atoms with Crippen molar-refractivity contribution in [2.45, 2.75) is 25.6 Å². The lowest BCUT2D eigenvalue weighted by Crippen LogP contribution is -2.34. The molecule has 1 saturated heterocycles. The number of benzene rings is 1. The van der Waals surface area contributed by atoms with Crippen LogP contribution in [0.1, 0.15) is 12.0 Å². The molecule has 2 N–H and O–H groups in total. The first-order chi connectivity index (χ1) is 8.63. The third kappa shape index (κ3) is 3.98. The molecule has 2 atom stereocenters. The Morgan fingerprint density at radius 3 is 2.72 bits per heavy atom. The Kier molecular flexibility index (Phi) is 4.58. The quantitative estimate of drug-likeness (QED) is 0.813. The van der Waals surface area contributed by atoms with Crippen molar-refractivity contribution in [2.24, 2.45) is 0 Å². The summed E-state index contributed by atoms with van der Waals surface area (Å²) in [6, 6.07) is 7.78. The number of hydrogen-bond donors (Lipinski definition) is 2. The molecule has 0 saturated carbocycles. The molecule has 0 aliphatic carbocycles. The molecule has 2 rings (SSSR count). The highest BCUT2D eigenvalue weighted by Gasteiger charge is 2.22.